The molecule has 6 nitrogen and oxygen atoms in total. The molecule has 1 N–H and O–H groups in total. The number of amides is 2. The number of carbonyl (C=O) groups is 1. The summed E-state index contributed by atoms with van der Waals surface area (Å²) in [6, 6.07) is 4.02. The Hall–Kier alpha value is -1.82. The molecule has 1 unspecified atom stereocenters. The predicted octanol–water partition coefficient (Wildman–Crippen LogP) is 3.21. The van der Waals surface area contributed by atoms with Gasteiger partial charge in [0.15, 0.2) is 11.6 Å². The van der Waals surface area contributed by atoms with Crippen molar-refractivity contribution < 1.29 is 14.3 Å². The first kappa shape index (κ1) is 16.6. The van der Waals surface area contributed by atoms with Crippen molar-refractivity contribution in [2.24, 2.45) is 11.3 Å². The molecular weight excluding hydrogens is 318 g/mol. The molecule has 1 aliphatic carbocycles. The summed E-state index contributed by atoms with van der Waals surface area (Å²) < 4.78 is 10.9. The van der Waals surface area contributed by atoms with Gasteiger partial charge in [0.25, 0.3) is 0 Å². The molecular formula is C19H27N3O3. The fourth-order valence-corrected chi connectivity index (χ4v) is 4.79. The lowest BCUT2D eigenvalue weighted by atomic mass is 9.54. The molecule has 2 amide bonds. The normalized spacial score (nSPS) is 25.2. The van der Waals surface area contributed by atoms with Crippen LogP contribution in [-0.4, -0.2) is 48.8 Å². The van der Waals surface area contributed by atoms with Crippen molar-refractivity contribution in [3.63, 3.8) is 0 Å². The Morgan fingerprint density at radius 2 is 2.12 bits per heavy atom. The average Bonchev–Trinajstić information content (AvgIpc) is 2.54. The van der Waals surface area contributed by atoms with E-state index in [1.165, 1.54) is 19.3 Å². The average molecular weight is 345 g/mol. The van der Waals surface area contributed by atoms with E-state index < -0.39 is 0 Å². The van der Waals surface area contributed by atoms with E-state index in [1.54, 1.807) is 7.11 Å². The van der Waals surface area contributed by atoms with Crippen molar-refractivity contribution in [3.05, 3.63) is 17.8 Å². The van der Waals surface area contributed by atoms with Gasteiger partial charge in [-0.25, -0.2) is 9.78 Å². The molecule has 3 fully saturated rings. The lowest BCUT2D eigenvalue weighted by Gasteiger charge is -2.64. The molecule has 1 saturated carbocycles. The van der Waals surface area contributed by atoms with Crippen LogP contribution in [0.5, 0.6) is 5.75 Å². The first-order valence-electron chi connectivity index (χ1n) is 9.30. The van der Waals surface area contributed by atoms with E-state index in [0.29, 0.717) is 28.9 Å². The zero-order chi connectivity index (χ0) is 17.4. The molecule has 4 rings (SSSR count). The zero-order valence-electron chi connectivity index (χ0n) is 15.1. The minimum Gasteiger partial charge on any atom is -0.493 e. The Labute approximate surface area is 148 Å². The summed E-state index contributed by atoms with van der Waals surface area (Å²) in [5.74, 6) is 1.66. The summed E-state index contributed by atoms with van der Waals surface area (Å²) in [5.41, 5.74) is 1.22. The van der Waals surface area contributed by atoms with E-state index in [4.69, 9.17) is 9.47 Å². The van der Waals surface area contributed by atoms with Crippen LogP contribution >= 0.6 is 0 Å². The summed E-state index contributed by atoms with van der Waals surface area (Å²) in [6.45, 7) is 4.42. The standard InChI is InChI=1S/C19H27N3O3/c1-13-4-5-15(24-2)17(20-13)21-18(23)22-12-19(8-3-9-19)16(22)14-6-10-25-11-7-14/h4-5,14,16H,3,6-12H2,1-2H3,(H,20,21,23). The maximum Gasteiger partial charge on any atom is 0.323 e. The molecule has 136 valence electrons. The zero-order valence-corrected chi connectivity index (χ0v) is 15.1. The van der Waals surface area contributed by atoms with Crippen LogP contribution in [0.1, 0.15) is 37.8 Å². The van der Waals surface area contributed by atoms with E-state index >= 15 is 0 Å². The van der Waals surface area contributed by atoms with Gasteiger partial charge in [0.05, 0.1) is 7.11 Å². The quantitative estimate of drug-likeness (QED) is 0.914. The van der Waals surface area contributed by atoms with Gasteiger partial charge >= 0.3 is 6.03 Å². The number of hydrogen-bond donors (Lipinski definition) is 1. The number of aromatic nitrogens is 1. The second-order valence-electron chi connectivity index (χ2n) is 7.67. The Morgan fingerprint density at radius 3 is 2.76 bits per heavy atom. The number of aryl methyl sites for hydroxylation is 1. The molecule has 1 aromatic rings. The van der Waals surface area contributed by atoms with Crippen LogP contribution in [0.15, 0.2) is 12.1 Å². The topological polar surface area (TPSA) is 63.7 Å². The van der Waals surface area contributed by atoms with E-state index in [-0.39, 0.29) is 6.03 Å². The van der Waals surface area contributed by atoms with Gasteiger partial charge in [-0.15, -0.1) is 0 Å². The van der Waals surface area contributed by atoms with Gasteiger partial charge < -0.3 is 14.4 Å². The minimum atomic E-state index is -0.0505. The highest BCUT2D eigenvalue weighted by Crippen LogP contribution is 2.56. The van der Waals surface area contributed by atoms with Gasteiger partial charge in [0.2, 0.25) is 0 Å². The molecule has 0 radical (unpaired) electrons. The van der Waals surface area contributed by atoms with Crippen LogP contribution in [0.4, 0.5) is 10.6 Å². The highest BCUT2D eigenvalue weighted by atomic mass is 16.5. The highest BCUT2D eigenvalue weighted by molar-refractivity contribution is 5.90. The molecule has 1 spiro atoms. The summed E-state index contributed by atoms with van der Waals surface area (Å²) in [7, 11) is 1.60. The smallest absolute Gasteiger partial charge is 0.323 e. The van der Waals surface area contributed by atoms with Gasteiger partial charge in [0.1, 0.15) is 0 Å². The molecule has 2 saturated heterocycles. The van der Waals surface area contributed by atoms with Crippen molar-refractivity contribution >= 4 is 11.8 Å². The molecule has 1 atom stereocenters. The molecule has 3 aliphatic rings. The van der Waals surface area contributed by atoms with E-state index in [9.17, 15) is 4.79 Å². The molecule has 0 aromatic carbocycles. The summed E-state index contributed by atoms with van der Waals surface area (Å²) in [5, 5.41) is 2.98. The number of urea groups is 1. The fraction of sp³-hybridized carbons (Fsp3) is 0.684. The summed E-state index contributed by atoms with van der Waals surface area (Å²) in [4.78, 5) is 19.4. The van der Waals surface area contributed by atoms with E-state index in [1.807, 2.05) is 24.0 Å². The second kappa shape index (κ2) is 6.48. The maximum absolute atomic E-state index is 12.9. The Balaban J connectivity index is 1.50. The van der Waals surface area contributed by atoms with Crippen LogP contribution in [0.3, 0.4) is 0 Å². The Morgan fingerprint density at radius 1 is 1.36 bits per heavy atom. The third-order valence-electron chi connectivity index (χ3n) is 6.21. The summed E-state index contributed by atoms with van der Waals surface area (Å²) in [6.07, 6.45) is 5.92. The summed E-state index contributed by atoms with van der Waals surface area (Å²) >= 11 is 0. The molecule has 3 heterocycles. The van der Waals surface area contributed by atoms with Crippen molar-refractivity contribution in [3.8, 4) is 5.75 Å². The Kier molecular flexibility index (Phi) is 4.31. The largest absolute Gasteiger partial charge is 0.493 e. The lowest BCUT2D eigenvalue weighted by Crippen LogP contribution is -2.72. The van der Waals surface area contributed by atoms with Gasteiger partial charge in [-0.1, -0.05) is 6.42 Å². The number of ether oxygens (including phenoxy) is 2. The number of likely N-dealkylation sites (tertiary alicyclic amines) is 1. The van der Waals surface area contributed by atoms with Crippen molar-refractivity contribution in [2.75, 3.05) is 32.2 Å². The van der Waals surface area contributed by atoms with Gasteiger partial charge in [0, 0.05) is 36.9 Å². The highest BCUT2D eigenvalue weighted by Gasteiger charge is 2.59. The van der Waals surface area contributed by atoms with Crippen molar-refractivity contribution in [1.82, 2.24) is 9.88 Å². The van der Waals surface area contributed by atoms with Crippen molar-refractivity contribution in [2.45, 2.75) is 45.1 Å². The minimum absolute atomic E-state index is 0.0505. The van der Waals surface area contributed by atoms with Crippen LogP contribution in [0, 0.1) is 18.3 Å². The number of methoxy groups -OCH3 is 1. The fourth-order valence-electron chi connectivity index (χ4n) is 4.79. The lowest BCUT2D eigenvalue weighted by molar-refractivity contribution is -0.135. The number of anilines is 1. The van der Waals surface area contributed by atoms with Crippen LogP contribution in [0.2, 0.25) is 0 Å². The number of nitrogens with one attached hydrogen (secondary N) is 1. The van der Waals surface area contributed by atoms with E-state index in [0.717, 1.165) is 38.3 Å². The predicted molar refractivity (Wildman–Crippen MR) is 94.9 cm³/mol. The number of carbonyl (C=O) groups excluding carboxylic acids is 1. The number of hydrogen-bond acceptors (Lipinski definition) is 4. The Bertz CT molecular complexity index is 653. The SMILES string of the molecule is COc1ccc(C)nc1NC(=O)N1CC2(CCC2)C1C1CCOCC1. The molecule has 6 heteroatoms. The molecule has 25 heavy (non-hydrogen) atoms. The molecule has 1 aromatic heterocycles. The van der Waals surface area contributed by atoms with Crippen LogP contribution in [-0.2, 0) is 4.74 Å². The first-order chi connectivity index (χ1) is 12.1. The van der Waals surface area contributed by atoms with Crippen molar-refractivity contribution in [1.29, 1.82) is 0 Å². The van der Waals surface area contributed by atoms with E-state index in [2.05, 4.69) is 10.3 Å². The van der Waals surface area contributed by atoms with Gasteiger partial charge in [-0.3, -0.25) is 5.32 Å². The van der Waals surface area contributed by atoms with Gasteiger partial charge in [-0.2, -0.15) is 0 Å². The first-order valence-corrected chi connectivity index (χ1v) is 9.30. The second-order valence-corrected chi connectivity index (χ2v) is 7.67. The monoisotopic (exact) mass is 345 g/mol. The van der Waals surface area contributed by atoms with Crippen LogP contribution < -0.4 is 10.1 Å². The molecule has 2 aliphatic heterocycles. The molecule has 0 bridgehead atoms. The number of pyridine rings is 1. The third-order valence-corrected chi connectivity index (χ3v) is 6.21. The van der Waals surface area contributed by atoms with Crippen LogP contribution in [0.25, 0.3) is 0 Å². The third kappa shape index (κ3) is 2.86. The van der Waals surface area contributed by atoms with Gasteiger partial charge in [-0.05, 0) is 50.7 Å². The maximum atomic E-state index is 12.9. The number of rotatable bonds is 3. The number of nitrogens with zero attached hydrogens (tertiary/aromatic N) is 2.